The molecule has 0 spiro atoms. The van der Waals surface area contributed by atoms with Crippen molar-refractivity contribution in [3.8, 4) is 5.95 Å². The van der Waals surface area contributed by atoms with Gasteiger partial charge in [-0.2, -0.15) is 10.1 Å². The quantitative estimate of drug-likeness (QED) is 0.697. The Bertz CT molecular complexity index is 637. The molecule has 0 aromatic carbocycles. The van der Waals surface area contributed by atoms with E-state index in [4.69, 9.17) is 4.74 Å². The highest BCUT2D eigenvalue weighted by Gasteiger charge is 2.23. The van der Waals surface area contributed by atoms with Crippen LogP contribution in [0.15, 0.2) is 18.6 Å². The standard InChI is InChI=1S/C12H13N5O2/c1-8-5-14-17(7-8)12-13-6-9-10(15-12)16(2)3-4-19-11(9)18/h5-7H,3-4H2,1-2H3. The van der Waals surface area contributed by atoms with Crippen molar-refractivity contribution in [2.45, 2.75) is 6.92 Å². The SMILES string of the molecule is Cc1cnn(-c2ncc3c(n2)N(C)CCOC3=O)c1. The summed E-state index contributed by atoms with van der Waals surface area (Å²) in [5.41, 5.74) is 1.40. The Balaban J connectivity index is 2.09. The number of aryl methyl sites for hydroxylation is 1. The highest BCUT2D eigenvalue weighted by Crippen LogP contribution is 2.20. The lowest BCUT2D eigenvalue weighted by Gasteiger charge is -2.16. The van der Waals surface area contributed by atoms with Gasteiger partial charge in [-0.1, -0.05) is 0 Å². The fourth-order valence-electron chi connectivity index (χ4n) is 1.89. The molecule has 1 aliphatic heterocycles. The summed E-state index contributed by atoms with van der Waals surface area (Å²) in [5.74, 6) is 0.622. The first-order valence-electron chi connectivity index (χ1n) is 5.92. The minimum atomic E-state index is -0.387. The number of aromatic nitrogens is 4. The smallest absolute Gasteiger partial charge is 0.343 e. The molecule has 0 saturated carbocycles. The first kappa shape index (κ1) is 11.6. The summed E-state index contributed by atoms with van der Waals surface area (Å²) < 4.78 is 6.65. The van der Waals surface area contributed by atoms with Crippen molar-refractivity contribution in [2.75, 3.05) is 25.1 Å². The predicted octanol–water partition coefficient (Wildman–Crippen LogP) is 0.577. The monoisotopic (exact) mass is 259 g/mol. The number of carbonyl (C=O) groups excluding carboxylic acids is 1. The van der Waals surface area contributed by atoms with Gasteiger partial charge in [-0.3, -0.25) is 0 Å². The van der Waals surface area contributed by atoms with Crippen LogP contribution in [-0.2, 0) is 4.74 Å². The highest BCUT2D eigenvalue weighted by atomic mass is 16.5. The fraction of sp³-hybridized carbons (Fsp3) is 0.333. The van der Waals surface area contributed by atoms with Gasteiger partial charge in [0.05, 0.1) is 12.7 Å². The normalized spacial score (nSPS) is 14.8. The van der Waals surface area contributed by atoms with E-state index in [1.54, 1.807) is 10.9 Å². The summed E-state index contributed by atoms with van der Waals surface area (Å²) in [7, 11) is 1.87. The van der Waals surface area contributed by atoms with Crippen LogP contribution in [0.2, 0.25) is 0 Å². The number of ether oxygens (including phenoxy) is 1. The summed E-state index contributed by atoms with van der Waals surface area (Å²) in [5, 5.41) is 4.16. The lowest BCUT2D eigenvalue weighted by atomic mass is 10.3. The average molecular weight is 259 g/mol. The third-order valence-corrected chi connectivity index (χ3v) is 2.91. The fourth-order valence-corrected chi connectivity index (χ4v) is 1.89. The van der Waals surface area contributed by atoms with Crippen LogP contribution in [0, 0.1) is 6.92 Å². The Morgan fingerprint density at radius 1 is 1.37 bits per heavy atom. The summed E-state index contributed by atoms with van der Waals surface area (Å²) >= 11 is 0. The van der Waals surface area contributed by atoms with Gasteiger partial charge in [-0.05, 0) is 12.5 Å². The van der Waals surface area contributed by atoms with E-state index in [9.17, 15) is 4.79 Å². The number of cyclic esters (lactones) is 1. The van der Waals surface area contributed by atoms with Crippen molar-refractivity contribution >= 4 is 11.8 Å². The van der Waals surface area contributed by atoms with Gasteiger partial charge in [0.1, 0.15) is 18.0 Å². The van der Waals surface area contributed by atoms with Gasteiger partial charge in [0.15, 0.2) is 0 Å². The largest absolute Gasteiger partial charge is 0.460 e. The van der Waals surface area contributed by atoms with Gasteiger partial charge in [0.25, 0.3) is 5.95 Å². The molecule has 0 bridgehead atoms. The molecule has 1 aliphatic rings. The van der Waals surface area contributed by atoms with Crippen LogP contribution in [0.3, 0.4) is 0 Å². The molecule has 3 heterocycles. The molecule has 3 rings (SSSR count). The Morgan fingerprint density at radius 3 is 2.95 bits per heavy atom. The van der Waals surface area contributed by atoms with E-state index >= 15 is 0 Å². The molecular formula is C12H13N5O2. The Morgan fingerprint density at radius 2 is 2.21 bits per heavy atom. The number of anilines is 1. The second-order valence-corrected chi connectivity index (χ2v) is 4.43. The van der Waals surface area contributed by atoms with Gasteiger partial charge in [0, 0.05) is 19.4 Å². The molecule has 7 nitrogen and oxygen atoms in total. The van der Waals surface area contributed by atoms with E-state index in [2.05, 4.69) is 15.1 Å². The molecule has 19 heavy (non-hydrogen) atoms. The first-order chi connectivity index (χ1) is 9.15. The van der Waals surface area contributed by atoms with E-state index in [1.807, 2.05) is 25.1 Å². The molecule has 98 valence electrons. The van der Waals surface area contributed by atoms with Crippen LogP contribution in [-0.4, -0.2) is 45.9 Å². The van der Waals surface area contributed by atoms with Gasteiger partial charge in [0.2, 0.25) is 0 Å². The average Bonchev–Trinajstić information content (AvgIpc) is 2.78. The molecule has 0 saturated heterocycles. The van der Waals surface area contributed by atoms with Gasteiger partial charge < -0.3 is 9.64 Å². The summed E-state index contributed by atoms with van der Waals surface area (Å²) in [6.07, 6.45) is 5.04. The number of nitrogens with zero attached hydrogens (tertiary/aromatic N) is 5. The van der Waals surface area contributed by atoms with Crippen LogP contribution >= 0.6 is 0 Å². The molecule has 0 atom stereocenters. The van der Waals surface area contributed by atoms with Gasteiger partial charge in [-0.25, -0.2) is 14.5 Å². The zero-order valence-corrected chi connectivity index (χ0v) is 10.7. The highest BCUT2D eigenvalue weighted by molar-refractivity contribution is 5.95. The molecule has 0 amide bonds. The van der Waals surface area contributed by atoms with Crippen molar-refractivity contribution in [1.82, 2.24) is 19.7 Å². The maximum atomic E-state index is 11.8. The van der Waals surface area contributed by atoms with E-state index in [1.165, 1.54) is 6.20 Å². The molecule has 0 radical (unpaired) electrons. The Kier molecular flexibility index (Phi) is 2.66. The van der Waals surface area contributed by atoms with Crippen molar-refractivity contribution in [3.05, 3.63) is 29.7 Å². The van der Waals surface area contributed by atoms with Crippen LogP contribution < -0.4 is 4.90 Å². The van der Waals surface area contributed by atoms with Gasteiger partial charge >= 0.3 is 5.97 Å². The van der Waals surface area contributed by atoms with Crippen molar-refractivity contribution in [3.63, 3.8) is 0 Å². The van der Waals surface area contributed by atoms with Crippen molar-refractivity contribution in [2.24, 2.45) is 0 Å². The van der Waals surface area contributed by atoms with E-state index in [0.717, 1.165) is 5.56 Å². The number of likely N-dealkylation sites (N-methyl/N-ethyl adjacent to an activating group) is 1. The van der Waals surface area contributed by atoms with Crippen molar-refractivity contribution in [1.29, 1.82) is 0 Å². The van der Waals surface area contributed by atoms with E-state index in [0.29, 0.717) is 30.5 Å². The number of hydrogen-bond donors (Lipinski definition) is 0. The molecule has 0 N–H and O–H groups in total. The second kappa shape index (κ2) is 4.34. The maximum Gasteiger partial charge on any atom is 0.343 e. The third-order valence-electron chi connectivity index (χ3n) is 2.91. The number of esters is 1. The van der Waals surface area contributed by atoms with Gasteiger partial charge in [-0.15, -0.1) is 0 Å². The van der Waals surface area contributed by atoms with Crippen LogP contribution in [0.1, 0.15) is 15.9 Å². The molecule has 0 unspecified atom stereocenters. The van der Waals surface area contributed by atoms with Crippen LogP contribution in [0.25, 0.3) is 5.95 Å². The topological polar surface area (TPSA) is 73.1 Å². The molecule has 7 heteroatoms. The molecule has 0 aliphatic carbocycles. The molecule has 2 aromatic rings. The lowest BCUT2D eigenvalue weighted by molar-refractivity contribution is 0.0526. The number of carbonyl (C=O) groups is 1. The zero-order chi connectivity index (χ0) is 13.4. The van der Waals surface area contributed by atoms with E-state index in [-0.39, 0.29) is 5.97 Å². The zero-order valence-electron chi connectivity index (χ0n) is 10.7. The van der Waals surface area contributed by atoms with E-state index < -0.39 is 0 Å². The Hall–Kier alpha value is -2.44. The van der Waals surface area contributed by atoms with Crippen LogP contribution in [0.4, 0.5) is 5.82 Å². The second-order valence-electron chi connectivity index (χ2n) is 4.43. The van der Waals surface area contributed by atoms with Crippen LogP contribution in [0.5, 0.6) is 0 Å². The number of rotatable bonds is 1. The first-order valence-corrected chi connectivity index (χ1v) is 5.92. The molecule has 0 fully saturated rings. The number of hydrogen-bond acceptors (Lipinski definition) is 6. The maximum absolute atomic E-state index is 11.8. The molecule has 2 aromatic heterocycles. The minimum absolute atomic E-state index is 0.349. The van der Waals surface area contributed by atoms with Crippen molar-refractivity contribution < 1.29 is 9.53 Å². The lowest BCUT2D eigenvalue weighted by Crippen LogP contribution is -2.22. The summed E-state index contributed by atoms with van der Waals surface area (Å²) in [6.45, 7) is 2.89. The summed E-state index contributed by atoms with van der Waals surface area (Å²) in [6, 6.07) is 0. The predicted molar refractivity (Wildman–Crippen MR) is 67.4 cm³/mol. The Labute approximate surface area is 109 Å². The third kappa shape index (κ3) is 2.03. The summed E-state index contributed by atoms with van der Waals surface area (Å²) in [4.78, 5) is 22.2. The number of fused-ring (bicyclic) bond motifs is 1. The minimum Gasteiger partial charge on any atom is -0.460 e. The molecular weight excluding hydrogens is 246 g/mol.